The number of carboxylic acid groups (broad SMARTS) is 1. The summed E-state index contributed by atoms with van der Waals surface area (Å²) in [4.78, 5) is 23.9. The summed E-state index contributed by atoms with van der Waals surface area (Å²) in [5.41, 5.74) is 1.49. The van der Waals surface area contributed by atoms with Gasteiger partial charge in [0.05, 0.1) is 5.56 Å². The number of fused-ring (bicyclic) bond motifs is 1. The lowest BCUT2D eigenvalue weighted by Gasteiger charge is -2.17. The van der Waals surface area contributed by atoms with Crippen LogP contribution < -0.4 is 5.32 Å². The second-order valence-electron chi connectivity index (χ2n) is 6.22. The van der Waals surface area contributed by atoms with Gasteiger partial charge in [0, 0.05) is 23.6 Å². The van der Waals surface area contributed by atoms with Gasteiger partial charge in [0.1, 0.15) is 6.04 Å². The number of benzene rings is 1. The average Bonchev–Trinajstić information content (AvgIpc) is 2.91. The first-order valence-electron chi connectivity index (χ1n) is 8.18. The molecular weight excluding hydrogens is 304 g/mol. The number of nitrogens with zero attached hydrogens (tertiary/aromatic N) is 1. The molecule has 128 valence electrons. The van der Waals surface area contributed by atoms with Crippen LogP contribution in [0.5, 0.6) is 0 Å². The van der Waals surface area contributed by atoms with Crippen LogP contribution in [0, 0.1) is 5.92 Å². The van der Waals surface area contributed by atoms with Crippen LogP contribution in [0.25, 0.3) is 10.9 Å². The molecule has 5 heteroatoms. The van der Waals surface area contributed by atoms with Gasteiger partial charge in [0.25, 0.3) is 5.91 Å². The largest absolute Gasteiger partial charge is 0.480 e. The Morgan fingerprint density at radius 2 is 2.04 bits per heavy atom. The fraction of sp³-hybridized carbons (Fsp3) is 0.368. The number of amides is 1. The predicted octanol–water partition coefficient (Wildman–Crippen LogP) is 3.45. The SMILES string of the molecule is C=CCCCn1cc(C(=O)NC(C(=O)O)C(C)C)c2ccccc21. The highest BCUT2D eigenvalue weighted by molar-refractivity contribution is 6.07. The summed E-state index contributed by atoms with van der Waals surface area (Å²) in [6.07, 6.45) is 5.52. The highest BCUT2D eigenvalue weighted by Crippen LogP contribution is 2.22. The number of para-hydroxylation sites is 1. The van der Waals surface area contributed by atoms with E-state index in [9.17, 15) is 14.7 Å². The van der Waals surface area contributed by atoms with Crippen molar-refractivity contribution in [3.8, 4) is 0 Å². The Bertz CT molecular complexity index is 746. The van der Waals surface area contributed by atoms with Crippen molar-refractivity contribution < 1.29 is 14.7 Å². The Hall–Kier alpha value is -2.56. The molecule has 0 saturated carbocycles. The van der Waals surface area contributed by atoms with Crippen LogP contribution in [-0.4, -0.2) is 27.6 Å². The number of unbranched alkanes of at least 4 members (excludes halogenated alkanes) is 1. The first-order valence-corrected chi connectivity index (χ1v) is 8.18. The molecule has 0 aliphatic rings. The van der Waals surface area contributed by atoms with Crippen molar-refractivity contribution in [3.63, 3.8) is 0 Å². The molecule has 0 spiro atoms. The van der Waals surface area contributed by atoms with Gasteiger partial charge in [-0.2, -0.15) is 0 Å². The van der Waals surface area contributed by atoms with E-state index in [1.165, 1.54) is 0 Å². The lowest BCUT2D eigenvalue weighted by Crippen LogP contribution is -2.44. The Morgan fingerprint density at radius 1 is 1.33 bits per heavy atom. The minimum atomic E-state index is -1.02. The van der Waals surface area contributed by atoms with Crippen molar-refractivity contribution in [1.29, 1.82) is 0 Å². The molecule has 1 heterocycles. The fourth-order valence-corrected chi connectivity index (χ4v) is 2.75. The molecule has 1 aromatic heterocycles. The van der Waals surface area contributed by atoms with Gasteiger partial charge in [-0.3, -0.25) is 4.79 Å². The summed E-state index contributed by atoms with van der Waals surface area (Å²) in [7, 11) is 0. The van der Waals surface area contributed by atoms with Gasteiger partial charge < -0.3 is 15.0 Å². The molecule has 0 aliphatic carbocycles. The summed E-state index contributed by atoms with van der Waals surface area (Å²) >= 11 is 0. The van der Waals surface area contributed by atoms with Crippen molar-refractivity contribution >= 4 is 22.8 Å². The maximum absolute atomic E-state index is 12.6. The molecule has 0 radical (unpaired) electrons. The first-order chi connectivity index (χ1) is 11.5. The Kier molecular flexibility index (Phi) is 5.79. The number of carboxylic acids is 1. The molecule has 5 nitrogen and oxygen atoms in total. The lowest BCUT2D eigenvalue weighted by molar-refractivity contribution is -0.140. The van der Waals surface area contributed by atoms with Gasteiger partial charge in [-0.1, -0.05) is 38.1 Å². The van der Waals surface area contributed by atoms with E-state index >= 15 is 0 Å². The van der Waals surface area contributed by atoms with Gasteiger partial charge in [-0.25, -0.2) is 4.79 Å². The molecule has 1 amide bonds. The van der Waals surface area contributed by atoms with Gasteiger partial charge >= 0.3 is 5.97 Å². The summed E-state index contributed by atoms with van der Waals surface area (Å²) in [6, 6.07) is 6.77. The average molecular weight is 328 g/mol. The minimum Gasteiger partial charge on any atom is -0.480 e. The number of nitrogens with one attached hydrogen (secondary N) is 1. The normalized spacial score (nSPS) is 12.3. The first kappa shape index (κ1) is 17.8. The smallest absolute Gasteiger partial charge is 0.326 e. The second-order valence-corrected chi connectivity index (χ2v) is 6.22. The van der Waals surface area contributed by atoms with Gasteiger partial charge in [0.15, 0.2) is 0 Å². The third-order valence-electron chi connectivity index (χ3n) is 4.06. The van der Waals surface area contributed by atoms with Crippen molar-refractivity contribution in [3.05, 3.63) is 48.7 Å². The van der Waals surface area contributed by atoms with Crippen LogP contribution in [0.15, 0.2) is 43.1 Å². The molecule has 0 saturated heterocycles. The molecule has 0 bridgehead atoms. The summed E-state index contributed by atoms with van der Waals surface area (Å²) in [6.45, 7) is 8.06. The maximum Gasteiger partial charge on any atom is 0.326 e. The number of hydrogen-bond acceptors (Lipinski definition) is 2. The van der Waals surface area contributed by atoms with E-state index in [4.69, 9.17) is 0 Å². The van der Waals surface area contributed by atoms with Crippen molar-refractivity contribution in [2.45, 2.75) is 39.3 Å². The van der Waals surface area contributed by atoms with Gasteiger partial charge in [-0.15, -0.1) is 6.58 Å². The fourth-order valence-electron chi connectivity index (χ4n) is 2.75. The zero-order valence-electron chi connectivity index (χ0n) is 14.2. The van der Waals surface area contributed by atoms with E-state index in [0.29, 0.717) is 5.56 Å². The molecule has 2 rings (SSSR count). The Balaban J connectivity index is 2.32. The third kappa shape index (κ3) is 3.85. The number of aliphatic carboxylic acids is 1. The molecule has 2 aromatic rings. The maximum atomic E-state index is 12.6. The number of allylic oxidation sites excluding steroid dienone is 1. The van der Waals surface area contributed by atoms with Crippen molar-refractivity contribution in [1.82, 2.24) is 9.88 Å². The Labute approximate surface area is 142 Å². The molecule has 24 heavy (non-hydrogen) atoms. The lowest BCUT2D eigenvalue weighted by atomic mass is 10.0. The molecular formula is C19H24N2O3. The highest BCUT2D eigenvalue weighted by atomic mass is 16.4. The van der Waals surface area contributed by atoms with Crippen LogP contribution in [-0.2, 0) is 11.3 Å². The van der Waals surface area contributed by atoms with Crippen molar-refractivity contribution in [2.75, 3.05) is 0 Å². The number of aromatic nitrogens is 1. The molecule has 0 aliphatic heterocycles. The minimum absolute atomic E-state index is 0.188. The highest BCUT2D eigenvalue weighted by Gasteiger charge is 2.25. The van der Waals surface area contributed by atoms with Crippen LogP contribution in [0.1, 0.15) is 37.0 Å². The second kappa shape index (κ2) is 7.81. The van der Waals surface area contributed by atoms with Crippen LogP contribution >= 0.6 is 0 Å². The van der Waals surface area contributed by atoms with Gasteiger partial charge in [0.2, 0.25) is 0 Å². The number of aryl methyl sites for hydroxylation is 1. The van der Waals surface area contributed by atoms with Crippen LogP contribution in [0.3, 0.4) is 0 Å². The number of carbonyl (C=O) groups is 2. The molecule has 2 N–H and O–H groups in total. The number of rotatable bonds is 8. The molecule has 1 aromatic carbocycles. The molecule has 0 fully saturated rings. The zero-order chi connectivity index (χ0) is 17.7. The monoisotopic (exact) mass is 328 g/mol. The zero-order valence-corrected chi connectivity index (χ0v) is 14.2. The van der Waals surface area contributed by atoms with Gasteiger partial charge in [-0.05, 0) is 24.8 Å². The van der Waals surface area contributed by atoms with Crippen LogP contribution in [0.2, 0.25) is 0 Å². The third-order valence-corrected chi connectivity index (χ3v) is 4.06. The van der Waals surface area contributed by atoms with E-state index in [1.54, 1.807) is 13.8 Å². The van der Waals surface area contributed by atoms with E-state index in [0.717, 1.165) is 30.3 Å². The number of hydrogen-bond donors (Lipinski definition) is 2. The van der Waals surface area contributed by atoms with E-state index in [2.05, 4.69) is 11.9 Å². The molecule has 1 atom stereocenters. The Morgan fingerprint density at radius 3 is 2.67 bits per heavy atom. The van der Waals surface area contributed by atoms with Crippen LogP contribution in [0.4, 0.5) is 0 Å². The summed E-state index contributed by atoms with van der Waals surface area (Å²) < 4.78 is 2.04. The van der Waals surface area contributed by atoms with Crippen molar-refractivity contribution in [2.24, 2.45) is 5.92 Å². The number of carbonyl (C=O) groups excluding carboxylic acids is 1. The topological polar surface area (TPSA) is 71.3 Å². The van der Waals surface area contributed by atoms with E-state index in [1.807, 2.05) is 41.1 Å². The summed E-state index contributed by atoms with van der Waals surface area (Å²) in [5.74, 6) is -1.56. The quantitative estimate of drug-likeness (QED) is 0.576. The predicted molar refractivity (Wildman–Crippen MR) is 95.1 cm³/mol. The summed E-state index contributed by atoms with van der Waals surface area (Å²) in [5, 5.41) is 12.7. The van der Waals surface area contributed by atoms with E-state index in [-0.39, 0.29) is 11.8 Å². The molecule has 1 unspecified atom stereocenters. The standard InChI is InChI=1S/C19H24N2O3/c1-4-5-8-11-21-12-15(14-9-6-7-10-16(14)21)18(22)20-17(13(2)3)19(23)24/h4,6-7,9-10,12-13,17H,1,5,8,11H2,2-3H3,(H,20,22)(H,23,24). The van der Waals surface area contributed by atoms with E-state index < -0.39 is 12.0 Å².